The minimum absolute atomic E-state index is 0.0223. The van der Waals surface area contributed by atoms with Crippen molar-refractivity contribution in [3.05, 3.63) is 75.4 Å². The first kappa shape index (κ1) is 16.1. The number of carbonyl (C=O) groups excluding carboxylic acids is 2. The van der Waals surface area contributed by atoms with Crippen LogP contribution in [0.1, 0.15) is 23.5 Å². The van der Waals surface area contributed by atoms with E-state index in [4.69, 9.17) is 4.74 Å². The number of rotatable bonds is 2. The van der Waals surface area contributed by atoms with Gasteiger partial charge in [-0.05, 0) is 36.8 Å². The number of hydrogen-bond donors (Lipinski definition) is 0. The van der Waals surface area contributed by atoms with Crippen LogP contribution < -0.4 is 4.90 Å². The van der Waals surface area contributed by atoms with Crippen molar-refractivity contribution in [2.45, 2.75) is 19.3 Å². The van der Waals surface area contributed by atoms with Crippen LogP contribution in [0.15, 0.2) is 64.3 Å². The molecule has 1 atom stereocenters. The molecule has 2 aliphatic heterocycles. The van der Waals surface area contributed by atoms with Gasteiger partial charge in [-0.1, -0.05) is 45.8 Å². The summed E-state index contributed by atoms with van der Waals surface area (Å²) < 4.78 is 6.23. The summed E-state index contributed by atoms with van der Waals surface area (Å²) in [6, 6.07) is 15.5. The first-order valence-corrected chi connectivity index (χ1v) is 8.89. The Morgan fingerprint density at radius 1 is 1.12 bits per heavy atom. The summed E-state index contributed by atoms with van der Waals surface area (Å²) in [4.78, 5) is 26.9. The van der Waals surface area contributed by atoms with Crippen molar-refractivity contribution in [2.75, 3.05) is 11.5 Å². The van der Waals surface area contributed by atoms with Crippen LogP contribution in [0.25, 0.3) is 0 Å². The number of hydrogen-bond acceptors (Lipinski definition) is 3. The van der Waals surface area contributed by atoms with Crippen molar-refractivity contribution >= 4 is 33.5 Å². The van der Waals surface area contributed by atoms with Gasteiger partial charge in [0.25, 0.3) is 0 Å². The average molecular weight is 398 g/mol. The number of esters is 1. The van der Waals surface area contributed by atoms with E-state index in [2.05, 4.69) is 15.9 Å². The molecule has 126 valence electrons. The summed E-state index contributed by atoms with van der Waals surface area (Å²) in [5.41, 5.74) is 4.11. The van der Waals surface area contributed by atoms with Gasteiger partial charge in [0.2, 0.25) is 5.91 Å². The van der Waals surface area contributed by atoms with Crippen LogP contribution >= 0.6 is 15.9 Å². The summed E-state index contributed by atoms with van der Waals surface area (Å²) >= 11 is 3.40. The topological polar surface area (TPSA) is 46.6 Å². The van der Waals surface area contributed by atoms with Gasteiger partial charge in [0.15, 0.2) is 0 Å². The van der Waals surface area contributed by atoms with Crippen molar-refractivity contribution in [1.82, 2.24) is 0 Å². The highest BCUT2D eigenvalue weighted by atomic mass is 79.9. The normalized spacial score (nSPS) is 19.9. The van der Waals surface area contributed by atoms with Gasteiger partial charge >= 0.3 is 5.97 Å². The number of anilines is 1. The number of cyclic esters (lactones) is 1. The number of carbonyl (C=O) groups is 2. The molecule has 0 aromatic heterocycles. The molecule has 4 rings (SSSR count). The standard InChI is InChI=1S/C20H16BrNO3/c1-12-3-2-4-13(9-12)16-10-18(23)22(15-7-5-14(21)6-8-15)17-11-25-20(24)19(16)17/h2-9,16H,10-11H2,1H3. The number of amides is 1. The van der Waals surface area contributed by atoms with Gasteiger partial charge in [-0.3, -0.25) is 9.69 Å². The molecule has 1 unspecified atom stereocenters. The molecule has 0 N–H and O–H groups in total. The highest BCUT2D eigenvalue weighted by Gasteiger charge is 2.42. The molecule has 5 heteroatoms. The number of ether oxygens (including phenoxy) is 1. The minimum atomic E-state index is -0.323. The van der Waals surface area contributed by atoms with E-state index >= 15 is 0 Å². The molecule has 0 radical (unpaired) electrons. The third kappa shape index (κ3) is 2.78. The van der Waals surface area contributed by atoms with E-state index in [1.54, 1.807) is 4.90 Å². The Kier molecular flexibility index (Phi) is 3.96. The third-order valence-corrected chi connectivity index (χ3v) is 5.18. The first-order valence-electron chi connectivity index (χ1n) is 8.10. The lowest BCUT2D eigenvalue weighted by Crippen LogP contribution is -2.37. The molecule has 2 aliphatic rings. The molecule has 25 heavy (non-hydrogen) atoms. The van der Waals surface area contributed by atoms with E-state index in [1.165, 1.54) is 0 Å². The number of aryl methyl sites for hydroxylation is 1. The second-order valence-corrected chi connectivity index (χ2v) is 7.23. The van der Waals surface area contributed by atoms with Gasteiger partial charge in [-0.15, -0.1) is 0 Å². The molecular formula is C20H16BrNO3. The Morgan fingerprint density at radius 2 is 1.88 bits per heavy atom. The Morgan fingerprint density at radius 3 is 2.60 bits per heavy atom. The van der Waals surface area contributed by atoms with Crippen LogP contribution in [0.2, 0.25) is 0 Å². The average Bonchev–Trinajstić information content (AvgIpc) is 2.97. The maximum absolute atomic E-state index is 12.9. The smallest absolute Gasteiger partial charge is 0.336 e. The molecule has 0 fully saturated rings. The minimum Gasteiger partial charge on any atom is -0.456 e. The van der Waals surface area contributed by atoms with Gasteiger partial charge in [-0.2, -0.15) is 0 Å². The first-order chi connectivity index (χ1) is 12.0. The number of benzene rings is 2. The summed E-state index contributed by atoms with van der Waals surface area (Å²) in [5.74, 6) is -0.592. The third-order valence-electron chi connectivity index (χ3n) is 4.65. The zero-order chi connectivity index (χ0) is 17.6. The Hall–Kier alpha value is -2.40. The van der Waals surface area contributed by atoms with E-state index in [1.807, 2.05) is 55.5 Å². The monoisotopic (exact) mass is 397 g/mol. The lowest BCUT2D eigenvalue weighted by molar-refractivity contribution is -0.136. The number of halogens is 1. The van der Waals surface area contributed by atoms with Crippen LogP contribution in [-0.4, -0.2) is 18.5 Å². The van der Waals surface area contributed by atoms with Gasteiger partial charge < -0.3 is 4.74 Å². The van der Waals surface area contributed by atoms with Crippen LogP contribution in [-0.2, 0) is 14.3 Å². The molecule has 0 aliphatic carbocycles. The van der Waals surface area contributed by atoms with Crippen molar-refractivity contribution in [2.24, 2.45) is 0 Å². The molecule has 2 heterocycles. The molecule has 0 spiro atoms. The predicted molar refractivity (Wildman–Crippen MR) is 98.2 cm³/mol. The fourth-order valence-electron chi connectivity index (χ4n) is 3.52. The van der Waals surface area contributed by atoms with Gasteiger partial charge in [0, 0.05) is 22.5 Å². The van der Waals surface area contributed by atoms with Crippen LogP contribution in [0.5, 0.6) is 0 Å². The van der Waals surface area contributed by atoms with E-state index < -0.39 is 0 Å². The lowest BCUT2D eigenvalue weighted by atomic mass is 9.83. The second-order valence-electron chi connectivity index (χ2n) is 6.31. The summed E-state index contributed by atoms with van der Waals surface area (Å²) in [5, 5.41) is 0. The van der Waals surface area contributed by atoms with Crippen LogP contribution in [0.4, 0.5) is 5.69 Å². The highest BCUT2D eigenvalue weighted by molar-refractivity contribution is 9.10. The van der Waals surface area contributed by atoms with Crippen LogP contribution in [0.3, 0.4) is 0 Å². The Labute approximate surface area is 154 Å². The van der Waals surface area contributed by atoms with E-state index in [9.17, 15) is 9.59 Å². The van der Waals surface area contributed by atoms with Gasteiger partial charge in [0.1, 0.15) is 6.61 Å². The molecular weight excluding hydrogens is 382 g/mol. The summed E-state index contributed by atoms with van der Waals surface area (Å²) in [7, 11) is 0. The van der Waals surface area contributed by atoms with Gasteiger partial charge in [-0.25, -0.2) is 4.79 Å². The van der Waals surface area contributed by atoms with Crippen molar-refractivity contribution in [3.8, 4) is 0 Å². The molecule has 4 nitrogen and oxygen atoms in total. The quantitative estimate of drug-likeness (QED) is 0.716. The van der Waals surface area contributed by atoms with Gasteiger partial charge in [0.05, 0.1) is 11.3 Å². The molecule has 1 amide bonds. The van der Waals surface area contributed by atoms with Crippen LogP contribution in [0, 0.1) is 6.92 Å². The maximum Gasteiger partial charge on any atom is 0.336 e. The van der Waals surface area contributed by atoms with E-state index in [-0.39, 0.29) is 30.8 Å². The van der Waals surface area contributed by atoms with Crippen molar-refractivity contribution in [3.63, 3.8) is 0 Å². The Bertz CT molecular complexity index is 901. The molecule has 2 aromatic rings. The summed E-state index contributed by atoms with van der Waals surface area (Å²) in [6.07, 6.45) is 0.257. The molecule has 0 saturated carbocycles. The highest BCUT2D eigenvalue weighted by Crippen LogP contribution is 2.42. The largest absolute Gasteiger partial charge is 0.456 e. The second kappa shape index (κ2) is 6.15. The summed E-state index contributed by atoms with van der Waals surface area (Å²) in [6.45, 7) is 2.14. The van der Waals surface area contributed by atoms with E-state index in [0.717, 1.165) is 21.3 Å². The zero-order valence-electron chi connectivity index (χ0n) is 13.7. The van der Waals surface area contributed by atoms with Crippen molar-refractivity contribution < 1.29 is 14.3 Å². The Balaban J connectivity index is 1.83. The van der Waals surface area contributed by atoms with E-state index in [0.29, 0.717) is 11.3 Å². The van der Waals surface area contributed by atoms with Crippen molar-refractivity contribution in [1.29, 1.82) is 0 Å². The maximum atomic E-state index is 12.9. The fourth-order valence-corrected chi connectivity index (χ4v) is 3.78. The molecule has 0 bridgehead atoms. The lowest BCUT2D eigenvalue weighted by Gasteiger charge is -2.32. The number of nitrogens with zero attached hydrogens (tertiary/aromatic N) is 1. The SMILES string of the molecule is Cc1cccc(C2CC(=O)N(c3ccc(Br)cc3)C3=C2C(=O)OC3)c1. The molecule has 2 aromatic carbocycles. The fraction of sp³-hybridized carbons (Fsp3) is 0.200. The zero-order valence-corrected chi connectivity index (χ0v) is 15.2. The molecule has 0 saturated heterocycles. The predicted octanol–water partition coefficient (Wildman–Crippen LogP) is 4.09.